The standard InChI is InChI=1S/C38H32N2/c1-25-17-26(2)20-31(19-25)34-10-6-5-9-33(34)29-13-15-37(39-23-29)30-14-16-38(40-24-30)36-12-8-7-11-35(36)32-21-27(3)18-28(4)22-32/h5-24H,1-4H3. The van der Waals surface area contributed by atoms with Crippen molar-refractivity contribution in [1.82, 2.24) is 9.97 Å². The molecule has 2 heterocycles. The third-order valence-electron chi connectivity index (χ3n) is 7.33. The highest BCUT2D eigenvalue weighted by Gasteiger charge is 2.12. The van der Waals surface area contributed by atoms with E-state index in [0.717, 1.165) is 28.1 Å². The number of benzene rings is 4. The number of nitrogens with zero attached hydrogens (tertiary/aromatic N) is 2. The Hall–Kier alpha value is -4.82. The number of aromatic nitrogens is 2. The average Bonchev–Trinajstić information content (AvgIpc) is 2.96. The van der Waals surface area contributed by atoms with Crippen molar-refractivity contribution in [2.45, 2.75) is 27.7 Å². The van der Waals surface area contributed by atoms with Gasteiger partial charge in [-0.2, -0.15) is 0 Å². The molecule has 4 aromatic carbocycles. The van der Waals surface area contributed by atoms with Crippen LogP contribution in [-0.2, 0) is 0 Å². The molecule has 194 valence electrons. The van der Waals surface area contributed by atoms with Crippen LogP contribution in [0.25, 0.3) is 55.9 Å². The molecule has 0 bridgehead atoms. The molecule has 0 N–H and O–H groups in total. The fraction of sp³-hybridized carbons (Fsp3) is 0.105. The van der Waals surface area contributed by atoms with Crippen molar-refractivity contribution in [3.05, 3.63) is 144 Å². The fourth-order valence-electron chi connectivity index (χ4n) is 5.63. The van der Waals surface area contributed by atoms with Gasteiger partial charge in [-0.05, 0) is 73.7 Å². The zero-order valence-corrected chi connectivity index (χ0v) is 23.4. The molecule has 0 unspecified atom stereocenters. The Balaban J connectivity index is 1.30. The summed E-state index contributed by atoms with van der Waals surface area (Å²) in [5.41, 5.74) is 16.2. The second kappa shape index (κ2) is 10.7. The minimum absolute atomic E-state index is 0.911. The van der Waals surface area contributed by atoms with Crippen molar-refractivity contribution in [2.24, 2.45) is 0 Å². The van der Waals surface area contributed by atoms with E-state index in [4.69, 9.17) is 9.97 Å². The Bertz CT molecular complexity index is 1640. The van der Waals surface area contributed by atoms with Crippen LogP contribution in [0.5, 0.6) is 0 Å². The number of rotatable bonds is 5. The number of pyridine rings is 2. The lowest BCUT2D eigenvalue weighted by Gasteiger charge is -2.13. The van der Waals surface area contributed by atoms with E-state index in [0.29, 0.717) is 0 Å². The van der Waals surface area contributed by atoms with E-state index in [-0.39, 0.29) is 0 Å². The van der Waals surface area contributed by atoms with E-state index in [2.05, 4.69) is 137 Å². The summed E-state index contributed by atoms with van der Waals surface area (Å²) in [6.07, 6.45) is 3.90. The van der Waals surface area contributed by atoms with Gasteiger partial charge in [0, 0.05) is 29.1 Å². The second-order valence-corrected chi connectivity index (χ2v) is 10.7. The maximum absolute atomic E-state index is 4.87. The van der Waals surface area contributed by atoms with E-state index < -0.39 is 0 Å². The Morgan fingerprint density at radius 1 is 0.350 bits per heavy atom. The first-order valence-corrected chi connectivity index (χ1v) is 13.7. The fourth-order valence-corrected chi connectivity index (χ4v) is 5.63. The van der Waals surface area contributed by atoms with E-state index in [9.17, 15) is 0 Å². The second-order valence-electron chi connectivity index (χ2n) is 10.7. The molecule has 2 aromatic heterocycles. The first-order valence-electron chi connectivity index (χ1n) is 13.7. The van der Waals surface area contributed by atoms with Crippen LogP contribution in [0, 0.1) is 27.7 Å². The first kappa shape index (κ1) is 25.5. The summed E-state index contributed by atoms with van der Waals surface area (Å²) in [4.78, 5) is 9.71. The van der Waals surface area contributed by atoms with Crippen molar-refractivity contribution in [3.8, 4) is 55.9 Å². The monoisotopic (exact) mass is 516 g/mol. The van der Waals surface area contributed by atoms with Crippen molar-refractivity contribution in [3.63, 3.8) is 0 Å². The van der Waals surface area contributed by atoms with Crippen LogP contribution < -0.4 is 0 Å². The van der Waals surface area contributed by atoms with Gasteiger partial charge < -0.3 is 0 Å². The zero-order chi connectivity index (χ0) is 27.6. The quantitative estimate of drug-likeness (QED) is 0.228. The SMILES string of the molecule is Cc1cc(C)cc(-c2ccccc2-c2ccc(-c3ccc(-c4ccccc4-c4cc(C)cc(C)c4)nc3)nc2)c1. The van der Waals surface area contributed by atoms with Gasteiger partial charge in [-0.1, -0.05) is 113 Å². The molecule has 2 nitrogen and oxygen atoms in total. The molecule has 0 aliphatic heterocycles. The van der Waals surface area contributed by atoms with Crippen LogP contribution in [0.4, 0.5) is 0 Å². The minimum atomic E-state index is 0.911. The maximum Gasteiger partial charge on any atom is 0.0717 e. The third-order valence-corrected chi connectivity index (χ3v) is 7.33. The molecular formula is C38H32N2. The molecule has 0 aliphatic carbocycles. The van der Waals surface area contributed by atoms with E-state index in [1.54, 1.807) is 0 Å². The molecule has 0 amide bonds. The van der Waals surface area contributed by atoms with Crippen LogP contribution in [0.15, 0.2) is 122 Å². The lowest BCUT2D eigenvalue weighted by atomic mass is 9.93. The smallest absolute Gasteiger partial charge is 0.0717 e. The van der Waals surface area contributed by atoms with Crippen molar-refractivity contribution >= 4 is 0 Å². The van der Waals surface area contributed by atoms with Gasteiger partial charge in [0.15, 0.2) is 0 Å². The van der Waals surface area contributed by atoms with Gasteiger partial charge in [0.2, 0.25) is 0 Å². The van der Waals surface area contributed by atoms with Gasteiger partial charge in [-0.25, -0.2) is 0 Å². The van der Waals surface area contributed by atoms with Gasteiger partial charge in [-0.3, -0.25) is 9.97 Å². The predicted octanol–water partition coefficient (Wildman–Crippen LogP) is 10.0. The topological polar surface area (TPSA) is 25.8 Å². The highest BCUT2D eigenvalue weighted by molar-refractivity contribution is 5.85. The van der Waals surface area contributed by atoms with Crippen molar-refractivity contribution in [2.75, 3.05) is 0 Å². The average molecular weight is 517 g/mol. The molecule has 0 atom stereocenters. The normalized spacial score (nSPS) is 11.0. The van der Waals surface area contributed by atoms with Crippen LogP contribution in [0.2, 0.25) is 0 Å². The summed E-state index contributed by atoms with van der Waals surface area (Å²) in [5, 5.41) is 0. The largest absolute Gasteiger partial charge is 0.256 e. The summed E-state index contributed by atoms with van der Waals surface area (Å²) in [7, 11) is 0. The molecule has 0 saturated heterocycles. The van der Waals surface area contributed by atoms with Crippen LogP contribution in [0.1, 0.15) is 22.3 Å². The highest BCUT2D eigenvalue weighted by Crippen LogP contribution is 2.35. The number of hydrogen-bond donors (Lipinski definition) is 0. The molecule has 0 aliphatic rings. The predicted molar refractivity (Wildman–Crippen MR) is 168 cm³/mol. The van der Waals surface area contributed by atoms with E-state index >= 15 is 0 Å². The Labute approximate surface area is 237 Å². The summed E-state index contributed by atoms with van der Waals surface area (Å²) in [5.74, 6) is 0. The van der Waals surface area contributed by atoms with Gasteiger partial charge in [0.25, 0.3) is 0 Å². The molecule has 0 radical (unpaired) electrons. The van der Waals surface area contributed by atoms with E-state index in [1.807, 2.05) is 12.4 Å². The van der Waals surface area contributed by atoms with Gasteiger partial charge in [-0.15, -0.1) is 0 Å². The summed E-state index contributed by atoms with van der Waals surface area (Å²) in [6.45, 7) is 8.59. The lowest BCUT2D eigenvalue weighted by molar-refractivity contribution is 1.28. The molecule has 6 rings (SSSR count). The maximum atomic E-state index is 4.87. The number of hydrogen-bond acceptors (Lipinski definition) is 2. The Morgan fingerprint density at radius 3 is 1.23 bits per heavy atom. The summed E-state index contributed by atoms with van der Waals surface area (Å²) >= 11 is 0. The first-order chi connectivity index (χ1) is 19.4. The van der Waals surface area contributed by atoms with Crippen LogP contribution in [0.3, 0.4) is 0 Å². The number of aryl methyl sites for hydroxylation is 4. The molecule has 0 spiro atoms. The van der Waals surface area contributed by atoms with Gasteiger partial charge in [0.05, 0.1) is 11.4 Å². The molecule has 6 aromatic rings. The van der Waals surface area contributed by atoms with E-state index in [1.165, 1.54) is 50.1 Å². The molecule has 40 heavy (non-hydrogen) atoms. The summed E-state index contributed by atoms with van der Waals surface area (Å²) in [6, 6.07) is 38.9. The van der Waals surface area contributed by atoms with Crippen molar-refractivity contribution < 1.29 is 0 Å². The zero-order valence-electron chi connectivity index (χ0n) is 23.4. The highest BCUT2D eigenvalue weighted by atomic mass is 14.7. The van der Waals surface area contributed by atoms with Crippen LogP contribution >= 0.6 is 0 Å². The molecular weight excluding hydrogens is 484 g/mol. The lowest BCUT2D eigenvalue weighted by Crippen LogP contribution is -1.92. The van der Waals surface area contributed by atoms with Gasteiger partial charge >= 0.3 is 0 Å². The van der Waals surface area contributed by atoms with Gasteiger partial charge in [0.1, 0.15) is 0 Å². The Morgan fingerprint density at radius 2 is 0.750 bits per heavy atom. The van der Waals surface area contributed by atoms with Crippen LogP contribution in [-0.4, -0.2) is 9.97 Å². The molecule has 0 fully saturated rings. The summed E-state index contributed by atoms with van der Waals surface area (Å²) < 4.78 is 0. The Kier molecular flexibility index (Phi) is 6.84. The third kappa shape index (κ3) is 5.21. The minimum Gasteiger partial charge on any atom is -0.256 e. The molecule has 0 saturated carbocycles. The molecule has 2 heteroatoms. The van der Waals surface area contributed by atoms with Crippen molar-refractivity contribution in [1.29, 1.82) is 0 Å².